The Kier molecular flexibility index (Phi) is 9.19. The second kappa shape index (κ2) is 11.7. The number of rotatable bonds is 10. The highest BCUT2D eigenvalue weighted by Gasteiger charge is 2.08. The van der Waals surface area contributed by atoms with E-state index in [1.807, 2.05) is 24.3 Å². The predicted molar refractivity (Wildman–Crippen MR) is 100 cm³/mol. The number of benzene rings is 1. The Balaban J connectivity index is 1.55. The molecule has 1 fully saturated rings. The van der Waals surface area contributed by atoms with Crippen LogP contribution in [0.3, 0.4) is 0 Å². The van der Waals surface area contributed by atoms with Crippen molar-refractivity contribution in [1.29, 1.82) is 0 Å². The summed E-state index contributed by atoms with van der Waals surface area (Å²) < 4.78 is 11.0. The van der Waals surface area contributed by atoms with Gasteiger partial charge in [-0.05, 0) is 69.6 Å². The quantitative estimate of drug-likeness (QED) is 0.660. The van der Waals surface area contributed by atoms with Crippen molar-refractivity contribution in [2.24, 2.45) is 0 Å². The van der Waals surface area contributed by atoms with Crippen molar-refractivity contribution < 1.29 is 14.3 Å². The predicted octanol–water partition coefficient (Wildman–Crippen LogP) is 3.24. The van der Waals surface area contributed by atoms with E-state index in [0.29, 0.717) is 18.9 Å². The summed E-state index contributed by atoms with van der Waals surface area (Å²) in [5, 5.41) is 2.93. The third kappa shape index (κ3) is 8.25. The molecule has 0 bridgehead atoms. The third-order valence-electron chi connectivity index (χ3n) is 4.34. The summed E-state index contributed by atoms with van der Waals surface area (Å²) in [6.07, 6.45) is 7.31. The minimum absolute atomic E-state index is 0.0544. The molecule has 1 amide bonds. The van der Waals surface area contributed by atoms with Gasteiger partial charge in [0.15, 0.2) is 6.61 Å². The molecule has 25 heavy (non-hydrogen) atoms. The molecule has 1 aliphatic rings. The van der Waals surface area contributed by atoms with Crippen LogP contribution in [0.2, 0.25) is 0 Å². The monoisotopic (exact) mass is 348 g/mol. The van der Waals surface area contributed by atoms with E-state index in [9.17, 15) is 4.79 Å². The van der Waals surface area contributed by atoms with Gasteiger partial charge in [-0.1, -0.05) is 19.8 Å². The van der Waals surface area contributed by atoms with Crippen LogP contribution in [0, 0.1) is 0 Å². The standard InChI is InChI=1S/C20H32N2O3/c1-2-16-24-18-8-10-19(11-9-18)25-17-20(23)21-12-7-15-22-13-5-3-4-6-14-22/h8-11H,2-7,12-17H2,1H3,(H,21,23). The Hall–Kier alpha value is -1.75. The maximum atomic E-state index is 11.9. The summed E-state index contributed by atoms with van der Waals surface area (Å²) in [5.74, 6) is 1.44. The van der Waals surface area contributed by atoms with Gasteiger partial charge in [-0.15, -0.1) is 0 Å². The average Bonchev–Trinajstić information content (AvgIpc) is 2.91. The van der Waals surface area contributed by atoms with E-state index >= 15 is 0 Å². The molecule has 0 spiro atoms. The van der Waals surface area contributed by atoms with Crippen molar-refractivity contribution in [2.45, 2.75) is 45.4 Å². The molecule has 0 radical (unpaired) electrons. The van der Waals surface area contributed by atoms with E-state index in [1.54, 1.807) is 0 Å². The first-order chi connectivity index (χ1) is 12.3. The second-order valence-corrected chi connectivity index (χ2v) is 6.57. The number of ether oxygens (including phenoxy) is 2. The molecular formula is C20H32N2O3. The second-order valence-electron chi connectivity index (χ2n) is 6.57. The zero-order valence-corrected chi connectivity index (χ0v) is 15.5. The first-order valence-electron chi connectivity index (χ1n) is 9.62. The zero-order valence-electron chi connectivity index (χ0n) is 15.5. The molecule has 0 unspecified atom stereocenters. The van der Waals surface area contributed by atoms with Gasteiger partial charge >= 0.3 is 0 Å². The summed E-state index contributed by atoms with van der Waals surface area (Å²) in [6.45, 7) is 7.02. The van der Waals surface area contributed by atoms with E-state index in [1.165, 1.54) is 38.8 Å². The molecule has 1 N–H and O–H groups in total. The number of hydrogen-bond donors (Lipinski definition) is 1. The van der Waals surface area contributed by atoms with E-state index in [-0.39, 0.29) is 12.5 Å². The van der Waals surface area contributed by atoms with Gasteiger partial charge < -0.3 is 19.7 Å². The SMILES string of the molecule is CCCOc1ccc(OCC(=O)NCCCN2CCCCCC2)cc1. The van der Waals surface area contributed by atoms with E-state index < -0.39 is 0 Å². The van der Waals surface area contributed by atoms with Crippen molar-refractivity contribution >= 4 is 5.91 Å². The Morgan fingerprint density at radius 2 is 1.68 bits per heavy atom. The average molecular weight is 348 g/mol. The molecule has 1 heterocycles. The Labute approximate surface area is 151 Å². The number of carbonyl (C=O) groups excluding carboxylic acids is 1. The fourth-order valence-corrected chi connectivity index (χ4v) is 2.94. The highest BCUT2D eigenvalue weighted by Crippen LogP contribution is 2.17. The summed E-state index contributed by atoms with van der Waals surface area (Å²) in [5.41, 5.74) is 0. The molecule has 1 aromatic carbocycles. The molecule has 2 rings (SSSR count). The fourth-order valence-electron chi connectivity index (χ4n) is 2.94. The van der Waals surface area contributed by atoms with E-state index in [4.69, 9.17) is 9.47 Å². The highest BCUT2D eigenvalue weighted by molar-refractivity contribution is 5.77. The molecule has 0 aliphatic carbocycles. The van der Waals surface area contributed by atoms with Gasteiger partial charge in [0.1, 0.15) is 11.5 Å². The van der Waals surface area contributed by atoms with Crippen LogP contribution in [0.1, 0.15) is 45.4 Å². The normalized spacial score (nSPS) is 15.4. The topological polar surface area (TPSA) is 50.8 Å². The van der Waals surface area contributed by atoms with Gasteiger partial charge in [-0.3, -0.25) is 4.79 Å². The summed E-state index contributed by atoms with van der Waals surface area (Å²) >= 11 is 0. The molecule has 0 saturated carbocycles. The smallest absolute Gasteiger partial charge is 0.257 e. The van der Waals surface area contributed by atoms with E-state index in [0.717, 1.165) is 25.1 Å². The van der Waals surface area contributed by atoms with Crippen LogP contribution in [-0.2, 0) is 4.79 Å². The van der Waals surface area contributed by atoms with Gasteiger partial charge in [-0.25, -0.2) is 0 Å². The lowest BCUT2D eigenvalue weighted by Crippen LogP contribution is -2.33. The molecule has 1 aliphatic heterocycles. The van der Waals surface area contributed by atoms with Crippen LogP contribution in [0.25, 0.3) is 0 Å². The number of likely N-dealkylation sites (tertiary alicyclic amines) is 1. The number of nitrogens with zero attached hydrogens (tertiary/aromatic N) is 1. The molecule has 140 valence electrons. The van der Waals surface area contributed by atoms with Crippen LogP contribution in [-0.4, -0.2) is 50.2 Å². The molecule has 5 heteroatoms. The van der Waals surface area contributed by atoms with Crippen LogP contribution in [0.15, 0.2) is 24.3 Å². The Morgan fingerprint density at radius 3 is 2.32 bits per heavy atom. The van der Waals surface area contributed by atoms with Gasteiger partial charge in [0, 0.05) is 6.54 Å². The van der Waals surface area contributed by atoms with Crippen molar-refractivity contribution in [3.8, 4) is 11.5 Å². The summed E-state index contributed by atoms with van der Waals surface area (Å²) in [6, 6.07) is 7.39. The molecule has 1 saturated heterocycles. The molecular weight excluding hydrogens is 316 g/mol. The van der Waals surface area contributed by atoms with Gasteiger partial charge in [0.25, 0.3) is 5.91 Å². The van der Waals surface area contributed by atoms with Crippen molar-refractivity contribution in [3.63, 3.8) is 0 Å². The summed E-state index contributed by atoms with van der Waals surface area (Å²) in [7, 11) is 0. The fraction of sp³-hybridized carbons (Fsp3) is 0.650. The lowest BCUT2D eigenvalue weighted by Gasteiger charge is -2.19. The van der Waals surface area contributed by atoms with Crippen LogP contribution in [0.4, 0.5) is 0 Å². The molecule has 0 atom stereocenters. The van der Waals surface area contributed by atoms with Gasteiger partial charge in [0.05, 0.1) is 6.61 Å². The third-order valence-corrected chi connectivity index (χ3v) is 4.34. The van der Waals surface area contributed by atoms with Crippen molar-refractivity contribution in [1.82, 2.24) is 10.2 Å². The minimum atomic E-state index is -0.0674. The molecule has 0 aromatic heterocycles. The maximum absolute atomic E-state index is 11.9. The van der Waals surface area contributed by atoms with Crippen molar-refractivity contribution in [3.05, 3.63) is 24.3 Å². The zero-order chi connectivity index (χ0) is 17.7. The maximum Gasteiger partial charge on any atom is 0.257 e. The minimum Gasteiger partial charge on any atom is -0.494 e. The Bertz CT molecular complexity index is 482. The first kappa shape index (κ1) is 19.6. The first-order valence-corrected chi connectivity index (χ1v) is 9.62. The van der Waals surface area contributed by atoms with Crippen LogP contribution >= 0.6 is 0 Å². The van der Waals surface area contributed by atoms with Gasteiger partial charge in [0.2, 0.25) is 0 Å². The molecule has 1 aromatic rings. The lowest BCUT2D eigenvalue weighted by atomic mass is 10.2. The largest absolute Gasteiger partial charge is 0.494 e. The molecule has 5 nitrogen and oxygen atoms in total. The lowest BCUT2D eigenvalue weighted by molar-refractivity contribution is -0.123. The number of nitrogens with one attached hydrogen (secondary N) is 1. The summed E-state index contributed by atoms with van der Waals surface area (Å²) in [4.78, 5) is 14.4. The van der Waals surface area contributed by atoms with Gasteiger partial charge in [-0.2, -0.15) is 0 Å². The van der Waals surface area contributed by atoms with E-state index in [2.05, 4.69) is 17.1 Å². The number of carbonyl (C=O) groups is 1. The Morgan fingerprint density at radius 1 is 1.04 bits per heavy atom. The van der Waals surface area contributed by atoms with Crippen molar-refractivity contribution in [2.75, 3.05) is 39.4 Å². The van der Waals surface area contributed by atoms with Crippen LogP contribution in [0.5, 0.6) is 11.5 Å². The number of hydrogen-bond acceptors (Lipinski definition) is 4. The number of amides is 1. The van der Waals surface area contributed by atoms with Crippen LogP contribution < -0.4 is 14.8 Å². The highest BCUT2D eigenvalue weighted by atomic mass is 16.5.